The van der Waals surface area contributed by atoms with E-state index in [4.69, 9.17) is 5.11 Å². The molecule has 0 atom stereocenters. The summed E-state index contributed by atoms with van der Waals surface area (Å²) >= 11 is 0. The lowest BCUT2D eigenvalue weighted by Gasteiger charge is -2.14. The molecule has 0 radical (unpaired) electrons. The summed E-state index contributed by atoms with van der Waals surface area (Å²) in [5, 5.41) is 9.13. The summed E-state index contributed by atoms with van der Waals surface area (Å²) in [4.78, 5) is 23.0. The van der Waals surface area contributed by atoms with Crippen LogP contribution in [0.25, 0.3) is 0 Å². The Morgan fingerprint density at radius 3 is 2.50 bits per heavy atom. The molecule has 0 aliphatic rings. The number of rotatable bonds is 6. The Bertz CT molecular complexity index is 676. The van der Waals surface area contributed by atoms with Gasteiger partial charge in [0.15, 0.2) is 0 Å². The van der Waals surface area contributed by atoms with Crippen LogP contribution in [0.2, 0.25) is 0 Å². The first-order valence-corrected chi connectivity index (χ1v) is 7.76. The summed E-state index contributed by atoms with van der Waals surface area (Å²) in [7, 11) is -3.46. The summed E-state index contributed by atoms with van der Waals surface area (Å²) in [6.45, 7) is 4.88. The molecule has 20 heavy (non-hydrogen) atoms. The predicted octanol–water partition coefficient (Wildman–Crippen LogP) is 0.103. The van der Waals surface area contributed by atoms with Crippen molar-refractivity contribution in [3.05, 3.63) is 33.2 Å². The largest absolute Gasteiger partial charge is 0.478 e. The summed E-state index contributed by atoms with van der Waals surface area (Å²) in [5.74, 6) is -1.41. The SMILES string of the molecule is CCNS(=O)(=O)CCn1c(C)c(C(=O)O)c(C)cc1=O. The monoisotopic (exact) mass is 302 g/mol. The van der Waals surface area contributed by atoms with E-state index in [1.54, 1.807) is 6.92 Å². The highest BCUT2D eigenvalue weighted by Gasteiger charge is 2.17. The van der Waals surface area contributed by atoms with Crippen molar-refractivity contribution in [2.75, 3.05) is 12.3 Å². The molecule has 0 aliphatic carbocycles. The van der Waals surface area contributed by atoms with Gasteiger partial charge in [-0.25, -0.2) is 17.9 Å². The van der Waals surface area contributed by atoms with Crippen LogP contribution in [0.1, 0.15) is 28.5 Å². The van der Waals surface area contributed by atoms with Crippen molar-refractivity contribution in [1.29, 1.82) is 0 Å². The first kappa shape index (κ1) is 16.4. The van der Waals surface area contributed by atoms with Crippen LogP contribution in [-0.2, 0) is 16.6 Å². The third-order valence-corrected chi connectivity index (χ3v) is 4.38. The fourth-order valence-corrected chi connectivity index (χ4v) is 3.03. The molecule has 1 heterocycles. The van der Waals surface area contributed by atoms with Crippen LogP contribution in [0.3, 0.4) is 0 Å². The molecule has 112 valence electrons. The van der Waals surface area contributed by atoms with Gasteiger partial charge in [-0.1, -0.05) is 6.92 Å². The van der Waals surface area contributed by atoms with Gasteiger partial charge in [-0.15, -0.1) is 0 Å². The predicted molar refractivity (Wildman–Crippen MR) is 74.6 cm³/mol. The fraction of sp³-hybridized carbons (Fsp3) is 0.500. The van der Waals surface area contributed by atoms with E-state index in [9.17, 15) is 18.0 Å². The maximum atomic E-state index is 11.9. The second-order valence-corrected chi connectivity index (χ2v) is 6.33. The number of aryl methyl sites for hydroxylation is 1. The van der Waals surface area contributed by atoms with Gasteiger partial charge in [0.05, 0.1) is 11.3 Å². The maximum absolute atomic E-state index is 11.9. The van der Waals surface area contributed by atoms with Crippen molar-refractivity contribution in [2.45, 2.75) is 27.3 Å². The average molecular weight is 302 g/mol. The number of nitrogens with one attached hydrogen (secondary N) is 1. The van der Waals surface area contributed by atoms with E-state index in [0.29, 0.717) is 5.56 Å². The summed E-state index contributed by atoms with van der Waals surface area (Å²) < 4.78 is 26.6. The first-order chi connectivity index (χ1) is 9.19. The van der Waals surface area contributed by atoms with Gasteiger partial charge in [0.1, 0.15) is 0 Å². The van der Waals surface area contributed by atoms with E-state index in [-0.39, 0.29) is 30.1 Å². The van der Waals surface area contributed by atoms with Gasteiger partial charge in [0, 0.05) is 24.8 Å². The molecule has 0 saturated heterocycles. The van der Waals surface area contributed by atoms with Crippen molar-refractivity contribution in [2.24, 2.45) is 0 Å². The van der Waals surface area contributed by atoms with Crippen molar-refractivity contribution < 1.29 is 18.3 Å². The first-order valence-electron chi connectivity index (χ1n) is 6.11. The van der Waals surface area contributed by atoms with Crippen molar-refractivity contribution in [1.82, 2.24) is 9.29 Å². The number of hydrogen-bond acceptors (Lipinski definition) is 4. The molecule has 2 N–H and O–H groups in total. The Morgan fingerprint density at radius 2 is 2.00 bits per heavy atom. The molecule has 0 saturated carbocycles. The number of aromatic nitrogens is 1. The molecule has 0 unspecified atom stereocenters. The molecule has 0 fully saturated rings. The lowest BCUT2D eigenvalue weighted by molar-refractivity contribution is 0.0694. The Kier molecular flexibility index (Phi) is 5.07. The molecule has 7 nitrogen and oxygen atoms in total. The number of hydrogen-bond donors (Lipinski definition) is 2. The number of aromatic carboxylic acids is 1. The quantitative estimate of drug-likeness (QED) is 0.775. The third kappa shape index (κ3) is 3.67. The lowest BCUT2D eigenvalue weighted by atomic mass is 10.1. The molecule has 1 aromatic heterocycles. The van der Waals surface area contributed by atoms with Gasteiger partial charge >= 0.3 is 5.97 Å². The number of sulfonamides is 1. The van der Waals surface area contributed by atoms with Gasteiger partial charge in [-0.3, -0.25) is 4.79 Å². The topological polar surface area (TPSA) is 105 Å². The Hall–Kier alpha value is -1.67. The van der Waals surface area contributed by atoms with Gasteiger partial charge in [0.2, 0.25) is 10.0 Å². The normalized spacial score (nSPS) is 11.6. The number of carbonyl (C=O) groups is 1. The third-order valence-electron chi connectivity index (χ3n) is 2.93. The fourth-order valence-electron chi connectivity index (χ4n) is 2.03. The highest BCUT2D eigenvalue weighted by molar-refractivity contribution is 7.89. The number of nitrogens with zero attached hydrogens (tertiary/aromatic N) is 1. The molecule has 0 amide bonds. The molecule has 0 spiro atoms. The Morgan fingerprint density at radius 1 is 1.40 bits per heavy atom. The van der Waals surface area contributed by atoms with Crippen LogP contribution in [0.4, 0.5) is 0 Å². The van der Waals surface area contributed by atoms with Crippen LogP contribution in [-0.4, -0.2) is 36.4 Å². The minimum Gasteiger partial charge on any atom is -0.478 e. The van der Waals surface area contributed by atoms with Crippen LogP contribution >= 0.6 is 0 Å². The van der Waals surface area contributed by atoms with E-state index >= 15 is 0 Å². The Balaban J connectivity index is 3.17. The number of carboxylic acids is 1. The van der Waals surface area contributed by atoms with E-state index < -0.39 is 21.6 Å². The summed E-state index contributed by atoms with van der Waals surface area (Å²) in [6.07, 6.45) is 0. The van der Waals surface area contributed by atoms with E-state index in [2.05, 4.69) is 4.72 Å². The smallest absolute Gasteiger partial charge is 0.337 e. The zero-order valence-corrected chi connectivity index (χ0v) is 12.5. The molecular weight excluding hydrogens is 284 g/mol. The van der Waals surface area contributed by atoms with Gasteiger partial charge in [-0.05, 0) is 19.4 Å². The Labute approximate surface area is 117 Å². The standard InChI is InChI=1S/C12H18N2O5S/c1-4-13-20(18,19)6-5-14-9(3)11(12(16)17)8(2)7-10(14)15/h7,13H,4-6H2,1-3H3,(H,16,17). The van der Waals surface area contributed by atoms with Crippen molar-refractivity contribution in [3.8, 4) is 0 Å². The minimum atomic E-state index is -3.46. The average Bonchev–Trinajstić information content (AvgIpc) is 2.26. The van der Waals surface area contributed by atoms with E-state index in [0.717, 1.165) is 0 Å². The lowest BCUT2D eigenvalue weighted by Crippen LogP contribution is -2.32. The maximum Gasteiger partial charge on any atom is 0.337 e. The molecule has 1 aromatic rings. The highest BCUT2D eigenvalue weighted by atomic mass is 32.2. The second-order valence-electron chi connectivity index (χ2n) is 4.40. The van der Waals surface area contributed by atoms with E-state index in [1.165, 1.54) is 24.5 Å². The van der Waals surface area contributed by atoms with Gasteiger partial charge < -0.3 is 9.67 Å². The molecule has 8 heteroatoms. The van der Waals surface area contributed by atoms with Gasteiger partial charge in [-0.2, -0.15) is 0 Å². The summed E-state index contributed by atoms with van der Waals surface area (Å²) in [5.41, 5.74) is 0.252. The van der Waals surface area contributed by atoms with Crippen LogP contribution in [0.15, 0.2) is 10.9 Å². The number of pyridine rings is 1. The zero-order valence-electron chi connectivity index (χ0n) is 11.6. The van der Waals surface area contributed by atoms with Crippen LogP contribution < -0.4 is 10.3 Å². The van der Waals surface area contributed by atoms with Crippen LogP contribution in [0, 0.1) is 13.8 Å². The minimum absolute atomic E-state index is 0.0328. The number of carboxylic acid groups (broad SMARTS) is 1. The van der Waals surface area contributed by atoms with Crippen molar-refractivity contribution in [3.63, 3.8) is 0 Å². The molecule has 0 bridgehead atoms. The highest BCUT2D eigenvalue weighted by Crippen LogP contribution is 2.11. The van der Waals surface area contributed by atoms with E-state index in [1.807, 2.05) is 0 Å². The van der Waals surface area contributed by atoms with Crippen LogP contribution in [0.5, 0.6) is 0 Å². The molecule has 1 rings (SSSR count). The molecule has 0 aromatic carbocycles. The zero-order chi connectivity index (χ0) is 15.5. The molecule has 0 aliphatic heterocycles. The summed E-state index contributed by atoms with van der Waals surface area (Å²) in [6, 6.07) is 1.20. The van der Waals surface area contributed by atoms with Crippen molar-refractivity contribution >= 4 is 16.0 Å². The molecular formula is C12H18N2O5S. The second kappa shape index (κ2) is 6.19. The van der Waals surface area contributed by atoms with Gasteiger partial charge in [0.25, 0.3) is 5.56 Å².